The highest BCUT2D eigenvalue weighted by atomic mass is 16.5. The molecule has 0 bridgehead atoms. The minimum Gasteiger partial charge on any atom is -0.456 e. The molecule has 152 valence electrons. The van der Waals surface area contributed by atoms with Crippen molar-refractivity contribution in [2.45, 2.75) is 39.7 Å². The molecule has 0 aliphatic rings. The third-order valence-corrected chi connectivity index (χ3v) is 4.69. The number of rotatable bonds is 7. The van der Waals surface area contributed by atoms with E-state index in [1.165, 1.54) is 0 Å². The van der Waals surface area contributed by atoms with Gasteiger partial charge in [-0.1, -0.05) is 30.3 Å². The molecule has 0 saturated carbocycles. The zero-order chi connectivity index (χ0) is 21.0. The fourth-order valence-corrected chi connectivity index (χ4v) is 3.14. The van der Waals surface area contributed by atoms with Crippen LogP contribution in [-0.4, -0.2) is 38.1 Å². The second-order valence-corrected chi connectivity index (χ2v) is 6.80. The van der Waals surface area contributed by atoms with Gasteiger partial charge in [-0.15, -0.1) is 5.10 Å². The molecule has 3 aromatic rings. The number of ether oxygens (including phenoxy) is 1. The average molecular weight is 396 g/mol. The lowest BCUT2D eigenvalue weighted by Gasteiger charge is -2.14. The molecule has 1 aromatic carbocycles. The number of anilines is 1. The molecule has 1 amide bonds. The number of fused-ring (bicyclic) bond motifs is 1. The predicted molar refractivity (Wildman–Crippen MR) is 107 cm³/mol. The van der Waals surface area contributed by atoms with Crippen LogP contribution in [-0.2, 0) is 20.7 Å². The largest absolute Gasteiger partial charge is 0.456 e. The first-order chi connectivity index (χ1) is 13.8. The third-order valence-electron chi connectivity index (χ3n) is 4.69. The SMILES string of the molecule is Cc1nc2nc(N)nn2c(C)c1CCC(=O)OCC(=O)N[C@@H](C)c1ccccc1. The van der Waals surface area contributed by atoms with Gasteiger partial charge in [0.2, 0.25) is 5.95 Å². The van der Waals surface area contributed by atoms with Crippen LogP contribution in [0.5, 0.6) is 0 Å². The molecule has 0 unspecified atom stereocenters. The molecule has 0 saturated heterocycles. The van der Waals surface area contributed by atoms with Gasteiger partial charge in [0.15, 0.2) is 6.61 Å². The molecule has 0 radical (unpaired) electrons. The lowest BCUT2D eigenvalue weighted by molar-refractivity contribution is -0.148. The number of nitrogens with one attached hydrogen (secondary N) is 1. The highest BCUT2D eigenvalue weighted by Crippen LogP contribution is 2.16. The van der Waals surface area contributed by atoms with Crippen molar-refractivity contribution in [3.8, 4) is 0 Å². The van der Waals surface area contributed by atoms with Gasteiger partial charge in [-0.05, 0) is 38.3 Å². The second kappa shape index (κ2) is 8.68. The Morgan fingerprint density at radius 2 is 1.93 bits per heavy atom. The van der Waals surface area contributed by atoms with Crippen LogP contribution >= 0.6 is 0 Å². The van der Waals surface area contributed by atoms with Crippen LogP contribution in [0.25, 0.3) is 5.78 Å². The van der Waals surface area contributed by atoms with Gasteiger partial charge in [-0.25, -0.2) is 4.98 Å². The number of amides is 1. The lowest BCUT2D eigenvalue weighted by Crippen LogP contribution is -2.31. The van der Waals surface area contributed by atoms with E-state index >= 15 is 0 Å². The minimum atomic E-state index is -0.454. The first kappa shape index (κ1) is 20.2. The molecule has 2 aromatic heterocycles. The Kier molecular flexibility index (Phi) is 6.06. The predicted octanol–water partition coefficient (Wildman–Crippen LogP) is 1.68. The second-order valence-electron chi connectivity index (χ2n) is 6.80. The number of benzene rings is 1. The van der Waals surface area contributed by atoms with Crippen molar-refractivity contribution in [1.82, 2.24) is 24.9 Å². The van der Waals surface area contributed by atoms with Crippen molar-refractivity contribution < 1.29 is 14.3 Å². The molecule has 3 rings (SSSR count). The van der Waals surface area contributed by atoms with E-state index in [1.807, 2.05) is 51.1 Å². The first-order valence-corrected chi connectivity index (χ1v) is 9.33. The number of hydrogen-bond donors (Lipinski definition) is 2. The highest BCUT2D eigenvalue weighted by Gasteiger charge is 2.15. The van der Waals surface area contributed by atoms with Crippen molar-refractivity contribution >= 4 is 23.6 Å². The van der Waals surface area contributed by atoms with Crippen LogP contribution in [0, 0.1) is 13.8 Å². The van der Waals surface area contributed by atoms with Crippen molar-refractivity contribution in [2.75, 3.05) is 12.3 Å². The van der Waals surface area contributed by atoms with Crippen LogP contribution in [0.1, 0.15) is 41.9 Å². The van der Waals surface area contributed by atoms with Crippen molar-refractivity contribution in [1.29, 1.82) is 0 Å². The highest BCUT2D eigenvalue weighted by molar-refractivity contribution is 5.80. The van der Waals surface area contributed by atoms with E-state index in [-0.39, 0.29) is 30.9 Å². The molecular formula is C20H24N6O3. The van der Waals surface area contributed by atoms with Crippen LogP contribution in [0.4, 0.5) is 5.95 Å². The summed E-state index contributed by atoms with van der Waals surface area (Å²) in [6.45, 7) is 5.28. The summed E-state index contributed by atoms with van der Waals surface area (Å²) in [6, 6.07) is 9.41. The van der Waals surface area contributed by atoms with Crippen molar-refractivity contribution in [3.05, 3.63) is 52.8 Å². The smallest absolute Gasteiger partial charge is 0.306 e. The number of nitrogen functional groups attached to an aromatic ring is 1. The Hall–Kier alpha value is -3.49. The Morgan fingerprint density at radius 3 is 2.66 bits per heavy atom. The molecule has 3 N–H and O–H groups in total. The molecule has 0 aliphatic carbocycles. The van der Waals surface area contributed by atoms with E-state index in [1.54, 1.807) is 4.52 Å². The normalized spacial score (nSPS) is 12.0. The van der Waals surface area contributed by atoms with Gasteiger partial charge in [0.1, 0.15) is 0 Å². The average Bonchev–Trinajstić information content (AvgIpc) is 3.07. The molecule has 0 fully saturated rings. The fourth-order valence-electron chi connectivity index (χ4n) is 3.14. The van der Waals surface area contributed by atoms with E-state index in [0.29, 0.717) is 12.2 Å². The fraction of sp³-hybridized carbons (Fsp3) is 0.350. The number of aryl methyl sites for hydroxylation is 2. The Labute approximate surface area is 168 Å². The molecule has 0 aliphatic heterocycles. The van der Waals surface area contributed by atoms with Gasteiger partial charge >= 0.3 is 5.97 Å². The summed E-state index contributed by atoms with van der Waals surface area (Å²) >= 11 is 0. The van der Waals surface area contributed by atoms with Crippen LogP contribution in [0.2, 0.25) is 0 Å². The maximum absolute atomic E-state index is 12.1. The maximum atomic E-state index is 12.1. The van der Waals surface area contributed by atoms with Crippen LogP contribution in [0.15, 0.2) is 30.3 Å². The van der Waals surface area contributed by atoms with E-state index in [0.717, 1.165) is 22.5 Å². The maximum Gasteiger partial charge on any atom is 0.306 e. The summed E-state index contributed by atoms with van der Waals surface area (Å²) in [5.41, 5.74) is 9.06. The van der Waals surface area contributed by atoms with Gasteiger partial charge in [0, 0.05) is 17.8 Å². The number of aromatic nitrogens is 4. The zero-order valence-corrected chi connectivity index (χ0v) is 16.7. The summed E-state index contributed by atoms with van der Waals surface area (Å²) in [6.07, 6.45) is 0.543. The van der Waals surface area contributed by atoms with Crippen LogP contribution < -0.4 is 11.1 Å². The summed E-state index contributed by atoms with van der Waals surface area (Å²) < 4.78 is 6.66. The van der Waals surface area contributed by atoms with E-state index in [9.17, 15) is 9.59 Å². The van der Waals surface area contributed by atoms with Crippen LogP contribution in [0.3, 0.4) is 0 Å². The molecule has 2 heterocycles. The van der Waals surface area contributed by atoms with Gasteiger partial charge in [-0.3, -0.25) is 9.59 Å². The zero-order valence-electron chi connectivity index (χ0n) is 16.7. The summed E-state index contributed by atoms with van der Waals surface area (Å²) in [7, 11) is 0. The number of carbonyl (C=O) groups excluding carboxylic acids is 2. The first-order valence-electron chi connectivity index (χ1n) is 9.33. The van der Waals surface area contributed by atoms with Gasteiger partial charge < -0.3 is 15.8 Å². The third kappa shape index (κ3) is 4.87. The van der Waals surface area contributed by atoms with Crippen molar-refractivity contribution in [3.63, 3.8) is 0 Å². The number of nitrogens with zero attached hydrogens (tertiary/aromatic N) is 4. The molecule has 9 heteroatoms. The molecule has 0 spiro atoms. The van der Waals surface area contributed by atoms with Crippen molar-refractivity contribution in [2.24, 2.45) is 0 Å². The van der Waals surface area contributed by atoms with E-state index in [4.69, 9.17) is 10.5 Å². The summed E-state index contributed by atoms with van der Waals surface area (Å²) in [4.78, 5) is 32.5. The topological polar surface area (TPSA) is 124 Å². The molecule has 29 heavy (non-hydrogen) atoms. The Morgan fingerprint density at radius 1 is 1.21 bits per heavy atom. The standard InChI is InChI=1S/C20H24N6O3/c1-12(15-7-5-4-6-8-15)22-17(27)11-29-18(28)10-9-16-13(2)23-20-24-19(21)25-26(20)14(16)3/h4-8,12H,9-11H2,1-3H3,(H2,21,25)(H,22,27)/t12-/m0/s1. The number of nitrogens with two attached hydrogens (primary N) is 1. The minimum absolute atomic E-state index is 0.126. The summed E-state index contributed by atoms with van der Waals surface area (Å²) in [5.74, 6) is -0.229. The quantitative estimate of drug-likeness (QED) is 0.582. The lowest BCUT2D eigenvalue weighted by atomic mass is 10.1. The molecule has 1 atom stereocenters. The molecular weight excluding hydrogens is 372 g/mol. The van der Waals surface area contributed by atoms with Gasteiger partial charge in [0.05, 0.1) is 6.04 Å². The Balaban J connectivity index is 1.51. The van der Waals surface area contributed by atoms with E-state index in [2.05, 4.69) is 20.4 Å². The van der Waals surface area contributed by atoms with E-state index < -0.39 is 5.97 Å². The number of carbonyl (C=O) groups is 2. The summed E-state index contributed by atoms with van der Waals surface area (Å²) in [5, 5.41) is 6.91. The molecule has 9 nitrogen and oxygen atoms in total. The van der Waals surface area contributed by atoms with Gasteiger partial charge in [0.25, 0.3) is 11.7 Å². The number of esters is 1. The Bertz CT molecular complexity index is 1030. The van der Waals surface area contributed by atoms with Gasteiger partial charge in [-0.2, -0.15) is 9.50 Å². The number of hydrogen-bond acceptors (Lipinski definition) is 7. The monoisotopic (exact) mass is 396 g/mol.